The van der Waals surface area contributed by atoms with Crippen LogP contribution in [-0.4, -0.2) is 26.4 Å². The minimum Gasteiger partial charge on any atom is -0.368 e. The Kier molecular flexibility index (Phi) is 3.95. The molecular weight excluding hydrogens is 250 g/mol. The second-order valence-corrected chi connectivity index (χ2v) is 5.37. The molecule has 2 aromatic rings. The first kappa shape index (κ1) is 13.1. The normalized spacial score (nSPS) is 15.9. The minimum absolute atomic E-state index is 0.791. The Bertz CT molecular complexity index is 614. The van der Waals surface area contributed by atoms with E-state index in [0.29, 0.717) is 0 Å². The molecule has 5 nitrogen and oxygen atoms in total. The van der Waals surface area contributed by atoms with Gasteiger partial charge in [0.2, 0.25) is 0 Å². The van der Waals surface area contributed by atoms with Gasteiger partial charge in [-0.1, -0.05) is 18.1 Å². The molecule has 1 aliphatic carbocycles. The van der Waals surface area contributed by atoms with Crippen molar-refractivity contribution in [3.8, 4) is 0 Å². The number of fused-ring (bicyclic) bond motifs is 1. The molecule has 0 aliphatic heterocycles. The highest BCUT2D eigenvalue weighted by molar-refractivity contribution is 5.43. The van der Waals surface area contributed by atoms with E-state index in [4.69, 9.17) is 0 Å². The fourth-order valence-electron chi connectivity index (χ4n) is 2.65. The lowest BCUT2D eigenvalue weighted by atomic mass is 10.1. The van der Waals surface area contributed by atoms with Crippen LogP contribution in [0.3, 0.4) is 0 Å². The molecule has 2 heterocycles. The maximum absolute atomic E-state index is 4.50. The van der Waals surface area contributed by atoms with Crippen molar-refractivity contribution >= 4 is 11.5 Å². The first-order valence-electron chi connectivity index (χ1n) is 7.44. The zero-order valence-corrected chi connectivity index (χ0v) is 12.0. The van der Waals surface area contributed by atoms with Crippen molar-refractivity contribution in [2.75, 3.05) is 11.9 Å². The summed E-state index contributed by atoms with van der Waals surface area (Å²) < 4.78 is 1.77. The molecule has 1 aliphatic rings. The second kappa shape index (κ2) is 6.03. The summed E-state index contributed by atoms with van der Waals surface area (Å²) in [5.41, 5.74) is 2.39. The number of aryl methyl sites for hydroxylation is 1. The molecular formula is C15H21N5. The van der Waals surface area contributed by atoms with Crippen LogP contribution in [0, 0.1) is 6.92 Å². The first-order valence-corrected chi connectivity index (χ1v) is 7.44. The van der Waals surface area contributed by atoms with Gasteiger partial charge in [0, 0.05) is 6.54 Å². The van der Waals surface area contributed by atoms with Crippen LogP contribution in [0.5, 0.6) is 0 Å². The van der Waals surface area contributed by atoms with Gasteiger partial charge in [0.05, 0.1) is 0 Å². The van der Waals surface area contributed by atoms with Gasteiger partial charge in [-0.15, -0.1) is 15.3 Å². The number of hydrogen-bond donors (Lipinski definition) is 1. The largest absolute Gasteiger partial charge is 0.368 e. The van der Waals surface area contributed by atoms with E-state index in [0.717, 1.165) is 30.3 Å². The van der Waals surface area contributed by atoms with E-state index in [2.05, 4.69) is 26.7 Å². The van der Waals surface area contributed by atoms with E-state index in [1.54, 1.807) is 10.1 Å². The molecule has 0 bridgehead atoms. The molecule has 0 saturated carbocycles. The lowest BCUT2D eigenvalue weighted by Gasteiger charge is -2.08. The van der Waals surface area contributed by atoms with Gasteiger partial charge in [-0.3, -0.25) is 0 Å². The summed E-state index contributed by atoms with van der Waals surface area (Å²) in [7, 11) is 0. The monoisotopic (exact) mass is 271 g/mol. The highest BCUT2D eigenvalue weighted by Crippen LogP contribution is 2.19. The lowest BCUT2D eigenvalue weighted by molar-refractivity contribution is 0.703. The van der Waals surface area contributed by atoms with E-state index in [1.807, 2.05) is 19.1 Å². The van der Waals surface area contributed by atoms with Crippen molar-refractivity contribution in [2.45, 2.75) is 45.4 Å². The molecule has 0 amide bonds. The van der Waals surface area contributed by atoms with E-state index < -0.39 is 0 Å². The Morgan fingerprint density at radius 3 is 3.10 bits per heavy atom. The van der Waals surface area contributed by atoms with Crippen LogP contribution in [0.2, 0.25) is 0 Å². The Labute approximate surface area is 119 Å². The summed E-state index contributed by atoms with van der Waals surface area (Å²) >= 11 is 0. The zero-order valence-electron chi connectivity index (χ0n) is 12.0. The van der Waals surface area contributed by atoms with Gasteiger partial charge in [-0.2, -0.15) is 4.52 Å². The van der Waals surface area contributed by atoms with Crippen molar-refractivity contribution in [3.63, 3.8) is 0 Å². The van der Waals surface area contributed by atoms with Gasteiger partial charge < -0.3 is 5.32 Å². The molecule has 0 unspecified atom stereocenters. The van der Waals surface area contributed by atoms with Gasteiger partial charge in [-0.05, 0) is 51.2 Å². The van der Waals surface area contributed by atoms with Gasteiger partial charge in [-0.25, -0.2) is 0 Å². The quantitative estimate of drug-likeness (QED) is 0.868. The summed E-state index contributed by atoms with van der Waals surface area (Å²) in [6, 6.07) is 3.91. The van der Waals surface area contributed by atoms with E-state index >= 15 is 0 Å². The number of hydrogen-bond acceptors (Lipinski definition) is 4. The molecule has 0 saturated heterocycles. The van der Waals surface area contributed by atoms with Crippen molar-refractivity contribution in [3.05, 3.63) is 29.6 Å². The van der Waals surface area contributed by atoms with E-state index in [-0.39, 0.29) is 0 Å². The number of rotatable bonds is 4. The lowest BCUT2D eigenvalue weighted by Crippen LogP contribution is -2.07. The fraction of sp³-hybridized carbons (Fsp3) is 0.533. The van der Waals surface area contributed by atoms with Crippen molar-refractivity contribution in [1.29, 1.82) is 0 Å². The molecule has 0 aromatic carbocycles. The van der Waals surface area contributed by atoms with Gasteiger partial charge >= 0.3 is 0 Å². The van der Waals surface area contributed by atoms with Crippen LogP contribution in [0.15, 0.2) is 23.8 Å². The average molecular weight is 271 g/mol. The molecule has 1 N–H and O–H groups in total. The highest BCUT2D eigenvalue weighted by Gasteiger charge is 2.05. The first-order chi connectivity index (χ1) is 9.83. The zero-order chi connectivity index (χ0) is 13.8. The Morgan fingerprint density at radius 2 is 2.15 bits per heavy atom. The van der Waals surface area contributed by atoms with Crippen molar-refractivity contribution in [2.24, 2.45) is 0 Å². The van der Waals surface area contributed by atoms with Gasteiger partial charge in [0.25, 0.3) is 0 Å². The molecule has 20 heavy (non-hydrogen) atoms. The van der Waals surface area contributed by atoms with E-state index in [9.17, 15) is 0 Å². The molecule has 3 rings (SSSR count). The van der Waals surface area contributed by atoms with Crippen LogP contribution >= 0.6 is 0 Å². The predicted molar refractivity (Wildman–Crippen MR) is 79.8 cm³/mol. The number of aromatic nitrogens is 4. The topological polar surface area (TPSA) is 55.1 Å². The molecule has 0 radical (unpaired) electrons. The van der Waals surface area contributed by atoms with Gasteiger partial charge in [0.1, 0.15) is 5.82 Å². The highest BCUT2D eigenvalue weighted by atomic mass is 15.4. The molecule has 2 aromatic heterocycles. The summed E-state index contributed by atoms with van der Waals surface area (Å²) in [6.45, 7) is 2.85. The van der Waals surface area contributed by atoms with Crippen LogP contribution in [0.25, 0.3) is 5.65 Å². The third kappa shape index (κ3) is 2.98. The van der Waals surface area contributed by atoms with Crippen LogP contribution in [0.1, 0.15) is 44.3 Å². The third-order valence-electron chi connectivity index (χ3n) is 3.81. The SMILES string of the molecule is Cc1nnc2ccc(NCCC3=CCCCCC3)nn12. The second-order valence-electron chi connectivity index (χ2n) is 5.37. The maximum Gasteiger partial charge on any atom is 0.178 e. The summed E-state index contributed by atoms with van der Waals surface area (Å²) in [5.74, 6) is 1.70. The van der Waals surface area contributed by atoms with Crippen molar-refractivity contribution < 1.29 is 0 Å². The Balaban J connectivity index is 1.59. The Morgan fingerprint density at radius 1 is 1.20 bits per heavy atom. The third-order valence-corrected chi connectivity index (χ3v) is 3.81. The van der Waals surface area contributed by atoms with Crippen LogP contribution in [0.4, 0.5) is 5.82 Å². The molecule has 106 valence electrons. The smallest absolute Gasteiger partial charge is 0.178 e. The van der Waals surface area contributed by atoms with E-state index in [1.165, 1.54) is 32.1 Å². The number of nitrogens with one attached hydrogen (secondary N) is 1. The molecule has 0 spiro atoms. The van der Waals surface area contributed by atoms with Gasteiger partial charge in [0.15, 0.2) is 11.5 Å². The summed E-state index contributed by atoms with van der Waals surface area (Å²) in [6.07, 6.45) is 10.1. The molecule has 0 atom stereocenters. The molecule has 5 heteroatoms. The summed E-state index contributed by atoms with van der Waals surface area (Å²) in [5, 5.41) is 15.9. The van der Waals surface area contributed by atoms with Crippen LogP contribution < -0.4 is 5.32 Å². The standard InChI is InChI=1S/C15H21N5/c1-12-17-18-15-9-8-14(19-20(12)15)16-11-10-13-6-4-2-3-5-7-13/h6,8-9H,2-5,7,10-11H2,1H3,(H,16,19). The summed E-state index contributed by atoms with van der Waals surface area (Å²) in [4.78, 5) is 0. The average Bonchev–Trinajstić information content (AvgIpc) is 2.67. The molecule has 0 fully saturated rings. The number of allylic oxidation sites excluding steroid dienone is 1. The number of anilines is 1. The minimum atomic E-state index is 0.791. The fourth-order valence-corrected chi connectivity index (χ4v) is 2.65. The number of nitrogens with zero attached hydrogens (tertiary/aromatic N) is 4. The van der Waals surface area contributed by atoms with Crippen LogP contribution in [-0.2, 0) is 0 Å². The van der Waals surface area contributed by atoms with Crippen molar-refractivity contribution in [1.82, 2.24) is 19.8 Å². The predicted octanol–water partition coefficient (Wildman–Crippen LogP) is 3.13. The Hall–Kier alpha value is -1.91. The maximum atomic E-state index is 4.50.